The Labute approximate surface area is 187 Å². The maximum absolute atomic E-state index is 12.9. The normalized spacial score (nSPS) is 19.9. The molecule has 1 unspecified atom stereocenters. The second-order valence-corrected chi connectivity index (χ2v) is 9.24. The first-order valence-electron chi connectivity index (χ1n) is 11.0. The van der Waals surface area contributed by atoms with Crippen molar-refractivity contribution in [1.29, 1.82) is 0 Å². The number of piperazine rings is 1. The first-order valence-corrected chi connectivity index (χ1v) is 12.0. The highest BCUT2D eigenvalue weighted by atomic mass is 32.2. The zero-order valence-corrected chi connectivity index (χ0v) is 18.4. The van der Waals surface area contributed by atoms with Crippen LogP contribution in [0.5, 0.6) is 0 Å². The molecule has 31 heavy (non-hydrogen) atoms. The minimum absolute atomic E-state index is 0.133. The molecule has 3 aromatic rings. The monoisotopic (exact) mass is 436 g/mol. The van der Waals surface area contributed by atoms with Gasteiger partial charge in [-0.2, -0.15) is 0 Å². The summed E-state index contributed by atoms with van der Waals surface area (Å²) in [5.74, 6) is 0.948. The summed E-state index contributed by atoms with van der Waals surface area (Å²) >= 11 is 1.68. The number of aromatic amines is 1. The molecule has 3 heterocycles. The first-order chi connectivity index (χ1) is 15.2. The third-order valence-electron chi connectivity index (χ3n) is 6.09. The van der Waals surface area contributed by atoms with Crippen molar-refractivity contribution in [2.45, 2.75) is 29.9 Å². The molecule has 1 atom stereocenters. The third kappa shape index (κ3) is 4.95. The number of rotatable bonds is 6. The predicted molar refractivity (Wildman–Crippen MR) is 123 cm³/mol. The highest BCUT2D eigenvalue weighted by Crippen LogP contribution is 2.23. The summed E-state index contributed by atoms with van der Waals surface area (Å²) in [4.78, 5) is 25.3. The molecule has 0 saturated carbocycles. The van der Waals surface area contributed by atoms with E-state index in [1.807, 2.05) is 41.3 Å². The summed E-state index contributed by atoms with van der Waals surface area (Å²) in [5, 5.41) is 0.919. The Morgan fingerprint density at radius 3 is 2.65 bits per heavy atom. The van der Waals surface area contributed by atoms with E-state index in [1.165, 1.54) is 18.4 Å². The number of carbonyl (C=O) groups is 1. The second kappa shape index (κ2) is 9.42. The Bertz CT molecular complexity index is 988. The number of H-pyrrole nitrogens is 1. The van der Waals surface area contributed by atoms with Gasteiger partial charge in [0.25, 0.3) is 5.91 Å². The number of nitrogens with zero attached hydrogens (tertiary/aromatic N) is 3. The molecule has 162 valence electrons. The second-order valence-electron chi connectivity index (χ2n) is 8.27. The number of imidazole rings is 1. The van der Waals surface area contributed by atoms with Crippen LogP contribution in [0.2, 0.25) is 0 Å². The molecule has 0 spiro atoms. The lowest BCUT2D eigenvalue weighted by molar-refractivity contribution is 0.0432. The van der Waals surface area contributed by atoms with Crippen molar-refractivity contribution in [1.82, 2.24) is 19.8 Å². The lowest BCUT2D eigenvalue weighted by Crippen LogP contribution is -2.50. The Hall–Kier alpha value is -2.35. The van der Waals surface area contributed by atoms with Crippen molar-refractivity contribution in [2.75, 3.05) is 39.3 Å². The number of hydrogen-bond acceptors (Lipinski definition) is 5. The van der Waals surface area contributed by atoms with Gasteiger partial charge in [0.15, 0.2) is 5.16 Å². The van der Waals surface area contributed by atoms with Gasteiger partial charge in [-0.3, -0.25) is 9.69 Å². The zero-order valence-electron chi connectivity index (χ0n) is 17.6. The highest BCUT2D eigenvalue weighted by molar-refractivity contribution is 7.98. The van der Waals surface area contributed by atoms with Crippen LogP contribution in [-0.4, -0.2) is 71.1 Å². The maximum Gasteiger partial charge on any atom is 0.253 e. The molecule has 2 aromatic carbocycles. The van der Waals surface area contributed by atoms with Crippen molar-refractivity contribution in [3.63, 3.8) is 0 Å². The lowest BCUT2D eigenvalue weighted by atomic mass is 10.1. The van der Waals surface area contributed by atoms with Crippen LogP contribution in [0.4, 0.5) is 0 Å². The molecule has 2 aliphatic rings. The van der Waals surface area contributed by atoms with Gasteiger partial charge in [-0.1, -0.05) is 36.0 Å². The molecule has 0 bridgehead atoms. The largest absolute Gasteiger partial charge is 0.377 e. The number of hydrogen-bond donors (Lipinski definition) is 1. The summed E-state index contributed by atoms with van der Waals surface area (Å²) < 4.78 is 5.74. The maximum atomic E-state index is 12.9. The number of amides is 1. The van der Waals surface area contributed by atoms with Crippen molar-refractivity contribution in [3.05, 3.63) is 59.7 Å². The summed E-state index contributed by atoms with van der Waals surface area (Å²) in [7, 11) is 0. The minimum atomic E-state index is 0.133. The van der Waals surface area contributed by atoms with Crippen LogP contribution < -0.4 is 0 Å². The molecule has 1 amide bonds. The van der Waals surface area contributed by atoms with Gasteiger partial charge in [0.2, 0.25) is 0 Å². The van der Waals surface area contributed by atoms with Crippen molar-refractivity contribution in [2.24, 2.45) is 0 Å². The Kier molecular flexibility index (Phi) is 6.25. The molecule has 0 aliphatic carbocycles. The number of fused-ring (bicyclic) bond motifs is 1. The predicted octanol–water partition coefficient (Wildman–Crippen LogP) is 3.79. The third-order valence-corrected chi connectivity index (χ3v) is 7.03. The molecule has 1 aromatic heterocycles. The number of nitrogens with one attached hydrogen (secondary N) is 1. The molecule has 2 saturated heterocycles. The molecular formula is C24H28N4O2S. The van der Waals surface area contributed by atoms with Gasteiger partial charge in [0, 0.05) is 50.6 Å². The van der Waals surface area contributed by atoms with Gasteiger partial charge in [0.05, 0.1) is 17.1 Å². The van der Waals surface area contributed by atoms with Gasteiger partial charge in [-0.25, -0.2) is 4.98 Å². The van der Waals surface area contributed by atoms with Gasteiger partial charge in [-0.05, 0) is 42.7 Å². The molecule has 2 fully saturated rings. The van der Waals surface area contributed by atoms with E-state index < -0.39 is 0 Å². The van der Waals surface area contributed by atoms with Crippen molar-refractivity contribution < 1.29 is 9.53 Å². The van der Waals surface area contributed by atoms with Crippen LogP contribution in [0, 0.1) is 0 Å². The average molecular weight is 437 g/mol. The number of para-hydroxylation sites is 2. The van der Waals surface area contributed by atoms with E-state index in [0.29, 0.717) is 6.10 Å². The SMILES string of the molecule is O=C(c1ccc(CSc2nc3ccccc3[nH]2)cc1)N1CCN(CC2CCCO2)CC1. The van der Waals surface area contributed by atoms with E-state index >= 15 is 0 Å². The Morgan fingerprint density at radius 1 is 1.10 bits per heavy atom. The first kappa shape index (κ1) is 20.5. The van der Waals surface area contributed by atoms with E-state index in [1.54, 1.807) is 11.8 Å². The van der Waals surface area contributed by atoms with Crippen LogP contribution in [0.1, 0.15) is 28.8 Å². The van der Waals surface area contributed by atoms with Crippen LogP contribution in [0.15, 0.2) is 53.7 Å². The fraction of sp³-hybridized carbons (Fsp3) is 0.417. The van der Waals surface area contributed by atoms with Crippen LogP contribution in [-0.2, 0) is 10.5 Å². The van der Waals surface area contributed by atoms with Gasteiger partial charge in [-0.15, -0.1) is 0 Å². The molecule has 2 aliphatic heterocycles. The highest BCUT2D eigenvalue weighted by Gasteiger charge is 2.25. The standard InChI is InChI=1S/C24H28N4O2S/c29-23(28-13-11-27(12-14-28)16-20-4-3-15-30-20)19-9-7-18(8-10-19)17-31-24-25-21-5-1-2-6-22(21)26-24/h1-2,5-10,20H,3-4,11-17H2,(H,25,26). The quantitative estimate of drug-likeness (QED) is 0.596. The molecular weight excluding hydrogens is 408 g/mol. The summed E-state index contributed by atoms with van der Waals surface area (Å²) in [6, 6.07) is 16.1. The van der Waals surface area contributed by atoms with Crippen LogP contribution in [0.25, 0.3) is 11.0 Å². The van der Waals surface area contributed by atoms with E-state index in [-0.39, 0.29) is 5.91 Å². The van der Waals surface area contributed by atoms with E-state index in [0.717, 1.165) is 66.8 Å². The van der Waals surface area contributed by atoms with E-state index in [2.05, 4.69) is 27.0 Å². The number of aromatic nitrogens is 2. The van der Waals surface area contributed by atoms with Gasteiger partial charge in [0.1, 0.15) is 0 Å². The van der Waals surface area contributed by atoms with Gasteiger partial charge < -0.3 is 14.6 Å². The van der Waals surface area contributed by atoms with Crippen LogP contribution >= 0.6 is 11.8 Å². The Balaban J connectivity index is 1.12. The molecule has 5 rings (SSSR count). The van der Waals surface area contributed by atoms with E-state index in [4.69, 9.17) is 4.74 Å². The minimum Gasteiger partial charge on any atom is -0.377 e. The lowest BCUT2D eigenvalue weighted by Gasteiger charge is -2.35. The smallest absolute Gasteiger partial charge is 0.253 e. The van der Waals surface area contributed by atoms with Crippen molar-refractivity contribution in [3.8, 4) is 0 Å². The van der Waals surface area contributed by atoms with Crippen molar-refractivity contribution >= 4 is 28.7 Å². The molecule has 0 radical (unpaired) electrons. The number of thioether (sulfide) groups is 1. The Morgan fingerprint density at radius 2 is 1.90 bits per heavy atom. The summed E-state index contributed by atoms with van der Waals surface area (Å²) in [6.07, 6.45) is 2.72. The summed E-state index contributed by atoms with van der Waals surface area (Å²) in [6.45, 7) is 5.33. The topological polar surface area (TPSA) is 61.5 Å². The molecule has 1 N–H and O–H groups in total. The van der Waals surface area contributed by atoms with Crippen LogP contribution in [0.3, 0.4) is 0 Å². The molecule has 7 heteroatoms. The summed E-state index contributed by atoms with van der Waals surface area (Å²) in [5.41, 5.74) is 4.00. The average Bonchev–Trinajstić information content (AvgIpc) is 3.47. The number of carbonyl (C=O) groups excluding carboxylic acids is 1. The zero-order chi connectivity index (χ0) is 21.0. The fourth-order valence-corrected chi connectivity index (χ4v) is 5.13. The molecule has 6 nitrogen and oxygen atoms in total. The number of benzene rings is 2. The fourth-order valence-electron chi connectivity index (χ4n) is 4.29. The van der Waals surface area contributed by atoms with Gasteiger partial charge >= 0.3 is 0 Å². The van der Waals surface area contributed by atoms with E-state index in [9.17, 15) is 4.79 Å². The number of ether oxygens (including phenoxy) is 1.